The van der Waals surface area contributed by atoms with E-state index in [1.165, 1.54) is 0 Å². The average molecular weight is 375 g/mol. The molecule has 0 aromatic carbocycles. The van der Waals surface area contributed by atoms with E-state index in [4.69, 9.17) is 4.74 Å². The van der Waals surface area contributed by atoms with Crippen LogP contribution in [0.4, 0.5) is 0 Å². The number of carbonyl (C=O) groups is 1. The number of aliphatic hydroxyl groups is 3. The summed E-state index contributed by atoms with van der Waals surface area (Å²) in [5.74, 6) is -1.36. The number of aliphatic carboxylic acids is 1. The topological polar surface area (TPSA) is 120 Å². The van der Waals surface area contributed by atoms with Crippen LogP contribution >= 0.6 is 0 Å². The van der Waals surface area contributed by atoms with Crippen molar-refractivity contribution in [3.05, 3.63) is 30.1 Å². The lowest BCUT2D eigenvalue weighted by molar-refractivity contribution is -0.977. The van der Waals surface area contributed by atoms with Crippen LogP contribution in [0.2, 0.25) is 0 Å². The lowest BCUT2D eigenvalue weighted by Gasteiger charge is -2.49. The minimum Gasteiger partial charge on any atom is -1.00 e. The SMILES string of the molecule is C[N+]1(C2OC(C(=O)O)C(O)C(O)C2O)CCCC1c1cccnc1.[Cl-]. The van der Waals surface area contributed by atoms with Crippen molar-refractivity contribution in [1.82, 2.24) is 4.98 Å². The monoisotopic (exact) mass is 374 g/mol. The molecule has 140 valence electrons. The number of likely N-dealkylation sites (N-methyl/N-ethyl adjacent to an activating group) is 1. The van der Waals surface area contributed by atoms with Gasteiger partial charge in [0, 0.05) is 30.8 Å². The summed E-state index contributed by atoms with van der Waals surface area (Å²) in [6.07, 6.45) is -2.00. The molecule has 4 N–H and O–H groups in total. The first kappa shape index (κ1) is 20.0. The van der Waals surface area contributed by atoms with E-state index < -0.39 is 36.6 Å². The first-order chi connectivity index (χ1) is 11.4. The highest BCUT2D eigenvalue weighted by Crippen LogP contribution is 2.42. The van der Waals surface area contributed by atoms with Crippen LogP contribution < -0.4 is 12.4 Å². The van der Waals surface area contributed by atoms with E-state index in [2.05, 4.69) is 4.98 Å². The van der Waals surface area contributed by atoms with Crippen LogP contribution in [0, 0.1) is 0 Å². The van der Waals surface area contributed by atoms with E-state index in [1.807, 2.05) is 19.2 Å². The second-order valence-electron chi connectivity index (χ2n) is 6.77. The normalized spacial score (nSPS) is 41.1. The molecule has 2 aliphatic rings. The number of pyridine rings is 1. The maximum Gasteiger partial charge on any atom is 0.335 e. The van der Waals surface area contributed by atoms with Gasteiger partial charge in [0.15, 0.2) is 12.2 Å². The molecule has 9 heteroatoms. The summed E-state index contributed by atoms with van der Waals surface area (Å²) < 4.78 is 5.81. The van der Waals surface area contributed by atoms with Crippen molar-refractivity contribution >= 4 is 5.97 Å². The number of nitrogens with zero attached hydrogens (tertiary/aromatic N) is 2. The molecule has 0 amide bonds. The zero-order valence-corrected chi connectivity index (χ0v) is 14.5. The van der Waals surface area contributed by atoms with Gasteiger partial charge in [0.25, 0.3) is 0 Å². The smallest absolute Gasteiger partial charge is 0.335 e. The molecule has 3 rings (SSSR count). The third kappa shape index (κ3) is 3.38. The standard InChI is InChI=1S/C16H22N2O6.ClH/c1-18(7-3-5-10(18)9-4-2-6-17-8-9)15-13(21)11(19)12(20)14(24-15)16(22)23;/h2,4,6,8,10-15,19-21H,3,5,7H2,1H3;1H. The molecule has 8 nitrogen and oxygen atoms in total. The van der Waals surface area contributed by atoms with Crippen LogP contribution in [-0.4, -0.2) is 80.1 Å². The van der Waals surface area contributed by atoms with Gasteiger partial charge < -0.3 is 37.6 Å². The van der Waals surface area contributed by atoms with Crippen molar-refractivity contribution in [3.8, 4) is 0 Å². The van der Waals surface area contributed by atoms with E-state index in [0.29, 0.717) is 6.54 Å². The van der Waals surface area contributed by atoms with Crippen LogP contribution in [0.5, 0.6) is 0 Å². The van der Waals surface area contributed by atoms with E-state index >= 15 is 0 Å². The number of aliphatic hydroxyl groups excluding tert-OH is 3. The van der Waals surface area contributed by atoms with Crippen LogP contribution in [0.1, 0.15) is 24.4 Å². The fraction of sp³-hybridized carbons (Fsp3) is 0.625. The van der Waals surface area contributed by atoms with Gasteiger partial charge in [-0.15, -0.1) is 0 Å². The molecule has 0 aliphatic carbocycles. The lowest BCUT2D eigenvalue weighted by Crippen LogP contribution is -3.00. The Balaban J connectivity index is 0.00000225. The maximum absolute atomic E-state index is 11.3. The Morgan fingerprint density at radius 1 is 1.28 bits per heavy atom. The molecule has 3 heterocycles. The Hall–Kier alpha value is -1.29. The number of rotatable bonds is 3. The van der Waals surface area contributed by atoms with E-state index in [0.717, 1.165) is 18.4 Å². The lowest BCUT2D eigenvalue weighted by atomic mass is 9.95. The van der Waals surface area contributed by atoms with Gasteiger partial charge in [0.05, 0.1) is 13.6 Å². The van der Waals surface area contributed by atoms with Crippen LogP contribution in [0.3, 0.4) is 0 Å². The highest BCUT2D eigenvalue weighted by molar-refractivity contribution is 5.73. The van der Waals surface area contributed by atoms with Crippen molar-refractivity contribution in [1.29, 1.82) is 0 Å². The minimum absolute atomic E-state index is 0. The van der Waals surface area contributed by atoms with E-state index in [9.17, 15) is 25.2 Å². The molecule has 0 saturated carbocycles. The molecule has 7 atom stereocenters. The van der Waals surface area contributed by atoms with Crippen molar-refractivity contribution in [2.45, 2.75) is 49.5 Å². The van der Waals surface area contributed by atoms with E-state index in [1.54, 1.807) is 12.4 Å². The zero-order valence-electron chi connectivity index (χ0n) is 13.8. The molecule has 2 fully saturated rings. The third-order valence-electron chi connectivity index (χ3n) is 5.31. The number of quaternary nitrogens is 1. The Labute approximate surface area is 151 Å². The molecule has 1 aromatic rings. The number of likely N-dealkylation sites (tertiary alicyclic amines) is 1. The Bertz CT molecular complexity index is 606. The van der Waals surface area contributed by atoms with Gasteiger partial charge in [-0.25, -0.2) is 4.79 Å². The maximum atomic E-state index is 11.3. The molecule has 7 unspecified atom stereocenters. The van der Waals surface area contributed by atoms with Crippen molar-refractivity contribution in [2.24, 2.45) is 0 Å². The summed E-state index contributed by atoms with van der Waals surface area (Å²) in [4.78, 5) is 15.5. The molecule has 0 radical (unpaired) electrons. The third-order valence-corrected chi connectivity index (χ3v) is 5.31. The average Bonchev–Trinajstić information content (AvgIpc) is 2.96. The predicted octanol–water partition coefficient (Wildman–Crippen LogP) is -3.74. The summed E-state index contributed by atoms with van der Waals surface area (Å²) in [6, 6.07) is 3.74. The molecule has 25 heavy (non-hydrogen) atoms. The first-order valence-electron chi connectivity index (χ1n) is 8.03. The number of hydrogen-bond donors (Lipinski definition) is 4. The molecule has 0 spiro atoms. The van der Waals surface area contributed by atoms with Gasteiger partial charge in [-0.05, 0) is 6.07 Å². The summed E-state index contributed by atoms with van der Waals surface area (Å²) in [7, 11) is 1.88. The molecular weight excluding hydrogens is 352 g/mol. The highest BCUT2D eigenvalue weighted by atomic mass is 35.5. The van der Waals surface area contributed by atoms with Gasteiger partial charge in [0.1, 0.15) is 18.2 Å². The minimum atomic E-state index is -1.67. The largest absolute Gasteiger partial charge is 1.00 e. The first-order valence-corrected chi connectivity index (χ1v) is 8.03. The Kier molecular flexibility index (Phi) is 6.03. The fourth-order valence-electron chi connectivity index (χ4n) is 4.01. The van der Waals surface area contributed by atoms with Gasteiger partial charge in [0.2, 0.25) is 6.23 Å². The number of ether oxygens (including phenoxy) is 1. The molecule has 0 bridgehead atoms. The molecule has 2 aliphatic heterocycles. The Morgan fingerprint density at radius 2 is 2.00 bits per heavy atom. The quantitative estimate of drug-likeness (QED) is 0.401. The second kappa shape index (κ2) is 7.53. The second-order valence-corrected chi connectivity index (χ2v) is 6.77. The van der Waals surface area contributed by atoms with Crippen molar-refractivity contribution in [3.63, 3.8) is 0 Å². The number of carboxylic acid groups (broad SMARTS) is 1. The highest BCUT2D eigenvalue weighted by Gasteiger charge is 2.57. The number of aromatic nitrogens is 1. The van der Waals surface area contributed by atoms with Crippen molar-refractivity contribution in [2.75, 3.05) is 13.6 Å². The van der Waals surface area contributed by atoms with Crippen LogP contribution in [-0.2, 0) is 9.53 Å². The van der Waals surface area contributed by atoms with Gasteiger partial charge in [-0.2, -0.15) is 0 Å². The fourth-order valence-corrected chi connectivity index (χ4v) is 4.01. The zero-order chi connectivity index (χ0) is 17.5. The summed E-state index contributed by atoms with van der Waals surface area (Å²) in [6.45, 7) is 0.663. The van der Waals surface area contributed by atoms with Gasteiger partial charge in [-0.3, -0.25) is 9.47 Å². The molecule has 2 saturated heterocycles. The number of hydrogen-bond acceptors (Lipinski definition) is 6. The number of halogens is 1. The van der Waals surface area contributed by atoms with Crippen LogP contribution in [0.15, 0.2) is 24.5 Å². The Morgan fingerprint density at radius 3 is 2.60 bits per heavy atom. The summed E-state index contributed by atoms with van der Waals surface area (Å²) in [5, 5.41) is 39.7. The molecule has 1 aromatic heterocycles. The predicted molar refractivity (Wildman–Crippen MR) is 81.6 cm³/mol. The van der Waals surface area contributed by atoms with Gasteiger partial charge in [-0.1, -0.05) is 6.07 Å². The summed E-state index contributed by atoms with van der Waals surface area (Å²) in [5.41, 5.74) is 0.973. The van der Waals surface area contributed by atoms with Gasteiger partial charge >= 0.3 is 5.97 Å². The number of carboxylic acids is 1. The molecular formula is C16H23ClN2O6. The summed E-state index contributed by atoms with van der Waals surface area (Å²) >= 11 is 0. The van der Waals surface area contributed by atoms with E-state index in [-0.39, 0.29) is 22.9 Å². The van der Waals surface area contributed by atoms with Crippen molar-refractivity contribution < 1.29 is 46.8 Å². The van der Waals surface area contributed by atoms with Crippen LogP contribution in [0.25, 0.3) is 0 Å².